The van der Waals surface area contributed by atoms with Crippen LogP contribution in [0, 0.1) is 13.8 Å². The summed E-state index contributed by atoms with van der Waals surface area (Å²) in [7, 11) is -3.67. The molecule has 0 bridgehead atoms. The van der Waals surface area contributed by atoms with E-state index in [0.29, 0.717) is 18.8 Å². The second-order valence-corrected chi connectivity index (χ2v) is 8.70. The molecule has 0 radical (unpaired) electrons. The predicted octanol–water partition coefficient (Wildman–Crippen LogP) is 3.73. The minimum absolute atomic E-state index is 0.0729. The number of aryl methyl sites for hydroxylation is 2. The zero-order valence-electron chi connectivity index (χ0n) is 15.2. The first kappa shape index (κ1) is 18.6. The Hall–Kier alpha value is -2.18. The Morgan fingerprint density at radius 2 is 1.58 bits per heavy atom. The molecular formula is C20H24N2O3S. The molecule has 1 saturated heterocycles. The van der Waals surface area contributed by atoms with Gasteiger partial charge in [-0.3, -0.25) is 4.79 Å². The van der Waals surface area contributed by atoms with Gasteiger partial charge in [0.05, 0.1) is 10.5 Å². The van der Waals surface area contributed by atoms with Crippen LogP contribution in [0.15, 0.2) is 47.4 Å². The Morgan fingerprint density at radius 3 is 2.23 bits per heavy atom. The van der Waals surface area contributed by atoms with Gasteiger partial charge in [-0.15, -0.1) is 0 Å². The van der Waals surface area contributed by atoms with Crippen molar-refractivity contribution in [3.63, 3.8) is 0 Å². The van der Waals surface area contributed by atoms with Crippen LogP contribution >= 0.6 is 0 Å². The summed E-state index contributed by atoms with van der Waals surface area (Å²) in [5, 5.41) is 2.83. The number of benzene rings is 2. The molecule has 1 N–H and O–H groups in total. The Balaban J connectivity index is 1.92. The van der Waals surface area contributed by atoms with Crippen LogP contribution < -0.4 is 5.32 Å². The minimum Gasteiger partial charge on any atom is -0.322 e. The van der Waals surface area contributed by atoms with E-state index in [1.165, 1.54) is 10.4 Å². The molecule has 1 fully saturated rings. The number of piperidine rings is 1. The normalized spacial score (nSPS) is 15.6. The molecule has 5 nitrogen and oxygen atoms in total. The van der Waals surface area contributed by atoms with E-state index >= 15 is 0 Å². The molecule has 0 unspecified atom stereocenters. The Bertz CT molecular complexity index is 896. The lowest BCUT2D eigenvalue weighted by Crippen LogP contribution is -2.36. The number of anilines is 1. The van der Waals surface area contributed by atoms with Crippen molar-refractivity contribution >= 4 is 21.6 Å². The Morgan fingerprint density at radius 1 is 0.962 bits per heavy atom. The second-order valence-electron chi connectivity index (χ2n) is 6.79. The molecule has 6 heteroatoms. The van der Waals surface area contributed by atoms with Crippen LogP contribution in [0.1, 0.15) is 40.7 Å². The van der Waals surface area contributed by atoms with Crippen LogP contribution in [-0.4, -0.2) is 31.7 Å². The van der Waals surface area contributed by atoms with Crippen molar-refractivity contribution in [2.24, 2.45) is 0 Å². The summed E-state index contributed by atoms with van der Waals surface area (Å²) in [6.07, 6.45) is 2.76. The molecule has 0 saturated carbocycles. The van der Waals surface area contributed by atoms with E-state index < -0.39 is 15.9 Å². The highest BCUT2D eigenvalue weighted by Gasteiger charge is 2.29. The summed E-state index contributed by atoms with van der Waals surface area (Å²) >= 11 is 0. The van der Waals surface area contributed by atoms with E-state index in [1.807, 2.05) is 32.0 Å². The Kier molecular flexibility index (Phi) is 5.44. The largest absolute Gasteiger partial charge is 0.322 e. The van der Waals surface area contributed by atoms with Crippen molar-refractivity contribution in [1.29, 1.82) is 0 Å². The van der Waals surface area contributed by atoms with Gasteiger partial charge in [-0.1, -0.05) is 24.6 Å². The van der Waals surface area contributed by atoms with E-state index in [-0.39, 0.29) is 10.5 Å². The minimum atomic E-state index is -3.67. The fourth-order valence-electron chi connectivity index (χ4n) is 3.37. The summed E-state index contributed by atoms with van der Waals surface area (Å²) in [5.74, 6) is -0.411. The lowest BCUT2D eigenvalue weighted by molar-refractivity contribution is 0.102. The number of carbonyl (C=O) groups is 1. The zero-order chi connectivity index (χ0) is 18.7. The predicted molar refractivity (Wildman–Crippen MR) is 103 cm³/mol. The van der Waals surface area contributed by atoms with Gasteiger partial charge in [0.2, 0.25) is 10.0 Å². The second kappa shape index (κ2) is 7.60. The molecule has 138 valence electrons. The maximum Gasteiger partial charge on any atom is 0.257 e. The van der Waals surface area contributed by atoms with Gasteiger partial charge in [0.25, 0.3) is 5.91 Å². The number of hydrogen-bond acceptors (Lipinski definition) is 3. The molecular weight excluding hydrogens is 348 g/mol. The quantitative estimate of drug-likeness (QED) is 0.889. The van der Waals surface area contributed by atoms with Gasteiger partial charge in [-0.2, -0.15) is 4.31 Å². The summed E-state index contributed by atoms with van der Waals surface area (Å²) in [6.45, 7) is 4.93. The maximum atomic E-state index is 13.0. The topological polar surface area (TPSA) is 66.5 Å². The number of rotatable bonds is 4. The molecule has 0 atom stereocenters. The molecule has 1 aliphatic heterocycles. The molecule has 1 amide bonds. The van der Waals surface area contributed by atoms with E-state index in [0.717, 1.165) is 30.4 Å². The molecule has 0 aliphatic carbocycles. The van der Waals surface area contributed by atoms with E-state index in [2.05, 4.69) is 5.32 Å². The standard InChI is InChI=1S/C20H24N2O3S/c1-15-12-16(2)14-17(13-15)21-20(23)18-8-4-5-9-19(18)26(24,25)22-10-6-3-7-11-22/h4-5,8-9,12-14H,3,6-7,10-11H2,1-2H3,(H,21,23). The smallest absolute Gasteiger partial charge is 0.257 e. The van der Waals surface area contributed by atoms with Crippen molar-refractivity contribution in [3.8, 4) is 0 Å². The van der Waals surface area contributed by atoms with Crippen LogP contribution in [0.3, 0.4) is 0 Å². The van der Waals surface area contributed by atoms with Crippen LogP contribution in [0.5, 0.6) is 0 Å². The molecule has 26 heavy (non-hydrogen) atoms. The van der Waals surface area contributed by atoms with Gasteiger partial charge >= 0.3 is 0 Å². The fraction of sp³-hybridized carbons (Fsp3) is 0.350. The molecule has 0 aromatic heterocycles. The number of hydrogen-bond donors (Lipinski definition) is 1. The van der Waals surface area contributed by atoms with Gasteiger partial charge in [-0.25, -0.2) is 8.42 Å². The van der Waals surface area contributed by atoms with Gasteiger partial charge in [-0.05, 0) is 62.1 Å². The molecule has 1 heterocycles. The first-order valence-electron chi connectivity index (χ1n) is 8.87. The monoisotopic (exact) mass is 372 g/mol. The van der Waals surface area contributed by atoms with Crippen molar-refractivity contribution < 1.29 is 13.2 Å². The van der Waals surface area contributed by atoms with E-state index in [1.54, 1.807) is 18.2 Å². The fourth-order valence-corrected chi connectivity index (χ4v) is 5.08. The molecule has 1 aliphatic rings. The van der Waals surface area contributed by atoms with Crippen LogP contribution in [0.2, 0.25) is 0 Å². The number of nitrogens with zero attached hydrogens (tertiary/aromatic N) is 1. The molecule has 3 rings (SSSR count). The highest BCUT2D eigenvalue weighted by molar-refractivity contribution is 7.89. The number of carbonyl (C=O) groups excluding carboxylic acids is 1. The summed E-state index contributed by atoms with van der Waals surface area (Å²) in [5.41, 5.74) is 2.92. The van der Waals surface area contributed by atoms with Crippen molar-refractivity contribution in [2.75, 3.05) is 18.4 Å². The van der Waals surface area contributed by atoms with Gasteiger partial charge in [0, 0.05) is 18.8 Å². The first-order chi connectivity index (χ1) is 12.4. The van der Waals surface area contributed by atoms with E-state index in [9.17, 15) is 13.2 Å². The van der Waals surface area contributed by atoms with Crippen LogP contribution in [0.4, 0.5) is 5.69 Å². The Labute approximate surface area is 155 Å². The van der Waals surface area contributed by atoms with E-state index in [4.69, 9.17) is 0 Å². The third-order valence-electron chi connectivity index (χ3n) is 4.54. The van der Waals surface area contributed by atoms with Gasteiger partial charge in [0.15, 0.2) is 0 Å². The lowest BCUT2D eigenvalue weighted by Gasteiger charge is -2.26. The van der Waals surface area contributed by atoms with Gasteiger partial charge < -0.3 is 5.32 Å². The molecule has 2 aromatic carbocycles. The number of sulfonamides is 1. The summed E-state index contributed by atoms with van der Waals surface area (Å²) < 4.78 is 27.5. The highest BCUT2D eigenvalue weighted by Crippen LogP contribution is 2.24. The van der Waals surface area contributed by atoms with Crippen LogP contribution in [-0.2, 0) is 10.0 Å². The third-order valence-corrected chi connectivity index (χ3v) is 6.50. The van der Waals surface area contributed by atoms with Gasteiger partial charge in [0.1, 0.15) is 0 Å². The maximum absolute atomic E-state index is 13.0. The number of amides is 1. The molecule has 2 aromatic rings. The first-order valence-corrected chi connectivity index (χ1v) is 10.3. The van der Waals surface area contributed by atoms with Crippen LogP contribution in [0.25, 0.3) is 0 Å². The highest BCUT2D eigenvalue weighted by atomic mass is 32.2. The number of nitrogens with one attached hydrogen (secondary N) is 1. The van der Waals surface area contributed by atoms with Crippen molar-refractivity contribution in [2.45, 2.75) is 38.0 Å². The van der Waals surface area contributed by atoms with Crippen molar-refractivity contribution in [1.82, 2.24) is 4.31 Å². The summed E-state index contributed by atoms with van der Waals surface area (Å²) in [6, 6.07) is 12.2. The third kappa shape index (κ3) is 3.97. The van der Waals surface area contributed by atoms with Crippen molar-refractivity contribution in [3.05, 3.63) is 59.2 Å². The SMILES string of the molecule is Cc1cc(C)cc(NC(=O)c2ccccc2S(=O)(=O)N2CCCCC2)c1. The average molecular weight is 372 g/mol. The molecule has 0 spiro atoms. The average Bonchev–Trinajstić information content (AvgIpc) is 2.61. The zero-order valence-corrected chi connectivity index (χ0v) is 16.0. The summed E-state index contributed by atoms with van der Waals surface area (Å²) in [4.78, 5) is 12.9. The lowest BCUT2D eigenvalue weighted by atomic mass is 10.1.